The Bertz CT molecular complexity index is 667. The molecule has 0 N–H and O–H groups in total. The summed E-state index contributed by atoms with van der Waals surface area (Å²) in [7, 11) is 0. The number of carbonyl (C=O) groups is 1. The molecular weight excluding hydrogens is 353 g/mol. The predicted octanol–water partition coefficient (Wildman–Crippen LogP) is 3.90. The van der Waals surface area contributed by atoms with Gasteiger partial charge in [0, 0.05) is 17.5 Å². The van der Waals surface area contributed by atoms with E-state index in [-0.39, 0.29) is 19.1 Å². The fraction of sp³-hybridized carbons (Fsp3) is 0.471. The third kappa shape index (κ3) is 5.61. The van der Waals surface area contributed by atoms with Crippen molar-refractivity contribution in [2.75, 3.05) is 13.1 Å². The average Bonchev–Trinajstić information content (AvgIpc) is 3.02. The van der Waals surface area contributed by atoms with Gasteiger partial charge >= 0.3 is 6.18 Å². The lowest BCUT2D eigenvalue weighted by atomic mass is 10.3. The molecule has 3 rings (SSSR count). The Hall–Kier alpha value is -1.80. The van der Waals surface area contributed by atoms with E-state index in [1.165, 1.54) is 6.26 Å². The lowest BCUT2D eigenvalue weighted by Crippen LogP contribution is -2.44. The molecule has 136 valence electrons. The first-order valence-corrected chi connectivity index (χ1v) is 8.92. The summed E-state index contributed by atoms with van der Waals surface area (Å²) in [6.45, 7) is -0.874. The van der Waals surface area contributed by atoms with Gasteiger partial charge in [-0.1, -0.05) is 6.07 Å². The van der Waals surface area contributed by atoms with Crippen molar-refractivity contribution >= 4 is 17.2 Å². The molecular formula is C17H19F3N2O2S. The molecule has 0 aromatic carbocycles. The van der Waals surface area contributed by atoms with Gasteiger partial charge in [-0.2, -0.15) is 13.2 Å². The zero-order valence-electron chi connectivity index (χ0n) is 13.5. The minimum absolute atomic E-state index is 0.0145. The summed E-state index contributed by atoms with van der Waals surface area (Å²) in [5, 5.41) is 1.95. The number of rotatable bonds is 8. The van der Waals surface area contributed by atoms with Crippen molar-refractivity contribution < 1.29 is 22.4 Å². The highest BCUT2D eigenvalue weighted by Crippen LogP contribution is 2.29. The average molecular weight is 372 g/mol. The standard InChI is InChI=1S/C17H19F3N2O2S/c18-17(19,20)12-22(9-14-3-1-7-24-14)16(23)11-21(13-5-6-13)10-15-4-2-8-25-15/h1-4,7-8,13H,5-6,9-12H2. The van der Waals surface area contributed by atoms with Gasteiger partial charge in [-0.3, -0.25) is 9.69 Å². The summed E-state index contributed by atoms with van der Waals surface area (Å²) in [6, 6.07) is 7.35. The van der Waals surface area contributed by atoms with Crippen LogP contribution in [0.1, 0.15) is 23.5 Å². The quantitative estimate of drug-likeness (QED) is 0.705. The molecule has 0 radical (unpaired) electrons. The van der Waals surface area contributed by atoms with Gasteiger partial charge in [0.05, 0.1) is 19.4 Å². The van der Waals surface area contributed by atoms with Crippen molar-refractivity contribution in [2.24, 2.45) is 0 Å². The van der Waals surface area contributed by atoms with Gasteiger partial charge < -0.3 is 9.32 Å². The molecule has 2 heterocycles. The summed E-state index contributed by atoms with van der Waals surface area (Å²) in [6.07, 6.45) is -1.09. The maximum atomic E-state index is 12.9. The van der Waals surface area contributed by atoms with Crippen LogP contribution in [-0.4, -0.2) is 41.0 Å². The number of carbonyl (C=O) groups excluding carboxylic acids is 1. The monoisotopic (exact) mass is 372 g/mol. The van der Waals surface area contributed by atoms with Crippen LogP contribution in [0.4, 0.5) is 13.2 Å². The van der Waals surface area contributed by atoms with E-state index in [0.717, 1.165) is 22.6 Å². The van der Waals surface area contributed by atoms with Crippen molar-refractivity contribution in [1.82, 2.24) is 9.80 Å². The maximum absolute atomic E-state index is 12.9. The number of hydrogen-bond donors (Lipinski definition) is 0. The number of alkyl halides is 3. The molecule has 0 atom stereocenters. The number of amides is 1. The topological polar surface area (TPSA) is 36.7 Å². The third-order valence-electron chi connectivity index (χ3n) is 3.99. The van der Waals surface area contributed by atoms with Crippen molar-refractivity contribution in [3.8, 4) is 0 Å². The van der Waals surface area contributed by atoms with Gasteiger partial charge in [0.1, 0.15) is 12.3 Å². The van der Waals surface area contributed by atoms with Crippen LogP contribution >= 0.6 is 11.3 Å². The van der Waals surface area contributed by atoms with E-state index in [9.17, 15) is 18.0 Å². The van der Waals surface area contributed by atoms with Gasteiger partial charge in [-0.25, -0.2) is 0 Å². The Balaban J connectivity index is 1.66. The minimum atomic E-state index is -4.44. The predicted molar refractivity (Wildman–Crippen MR) is 87.9 cm³/mol. The Morgan fingerprint density at radius 2 is 2.04 bits per heavy atom. The SMILES string of the molecule is O=C(CN(Cc1cccs1)C1CC1)N(Cc1ccco1)CC(F)(F)F. The molecule has 4 nitrogen and oxygen atoms in total. The van der Waals surface area contributed by atoms with Crippen LogP contribution in [0.5, 0.6) is 0 Å². The van der Waals surface area contributed by atoms with Crippen LogP contribution < -0.4 is 0 Å². The number of furan rings is 1. The smallest absolute Gasteiger partial charge is 0.406 e. The molecule has 1 amide bonds. The van der Waals surface area contributed by atoms with Crippen molar-refractivity contribution in [3.05, 3.63) is 46.5 Å². The highest BCUT2D eigenvalue weighted by Gasteiger charge is 2.36. The van der Waals surface area contributed by atoms with E-state index in [0.29, 0.717) is 12.3 Å². The third-order valence-corrected chi connectivity index (χ3v) is 4.85. The first kappa shape index (κ1) is 18.0. The number of nitrogens with zero attached hydrogens (tertiary/aromatic N) is 2. The van der Waals surface area contributed by atoms with Gasteiger partial charge in [-0.15, -0.1) is 11.3 Å². The van der Waals surface area contributed by atoms with Crippen molar-refractivity contribution in [3.63, 3.8) is 0 Å². The highest BCUT2D eigenvalue weighted by atomic mass is 32.1. The molecule has 2 aromatic rings. The molecule has 1 aliphatic rings. The van der Waals surface area contributed by atoms with Crippen molar-refractivity contribution in [2.45, 2.75) is 38.1 Å². The Kier molecular flexibility index (Phi) is 5.48. The van der Waals surface area contributed by atoms with E-state index in [2.05, 4.69) is 0 Å². The van der Waals surface area contributed by atoms with Crippen LogP contribution in [-0.2, 0) is 17.9 Å². The zero-order valence-corrected chi connectivity index (χ0v) is 14.4. The van der Waals surface area contributed by atoms with Gasteiger partial charge in [0.15, 0.2) is 0 Å². The van der Waals surface area contributed by atoms with Crippen LogP contribution in [0.25, 0.3) is 0 Å². The van der Waals surface area contributed by atoms with E-state index < -0.39 is 18.6 Å². The largest absolute Gasteiger partial charge is 0.467 e. The molecule has 2 aromatic heterocycles. The van der Waals surface area contributed by atoms with Gasteiger partial charge in [-0.05, 0) is 36.4 Å². The zero-order chi connectivity index (χ0) is 17.9. The maximum Gasteiger partial charge on any atom is 0.406 e. The van der Waals surface area contributed by atoms with Crippen LogP contribution in [0.3, 0.4) is 0 Å². The van der Waals surface area contributed by atoms with Crippen molar-refractivity contribution in [1.29, 1.82) is 0 Å². The second-order valence-corrected chi connectivity index (χ2v) is 7.19. The summed E-state index contributed by atoms with van der Waals surface area (Å²) in [4.78, 5) is 16.5. The second-order valence-electron chi connectivity index (χ2n) is 6.16. The normalized spacial score (nSPS) is 14.9. The summed E-state index contributed by atoms with van der Waals surface area (Å²) >= 11 is 1.58. The van der Waals surface area contributed by atoms with E-state index in [1.54, 1.807) is 23.5 Å². The lowest BCUT2D eigenvalue weighted by molar-refractivity contribution is -0.163. The molecule has 1 saturated carbocycles. The molecule has 0 unspecified atom stereocenters. The molecule has 0 bridgehead atoms. The fourth-order valence-electron chi connectivity index (χ4n) is 2.67. The van der Waals surface area contributed by atoms with E-state index in [4.69, 9.17) is 4.42 Å². The first-order chi connectivity index (χ1) is 11.9. The summed E-state index contributed by atoms with van der Waals surface area (Å²) in [5.41, 5.74) is 0. The van der Waals surface area contributed by atoms with Crippen LogP contribution in [0, 0.1) is 0 Å². The Morgan fingerprint density at radius 1 is 1.24 bits per heavy atom. The first-order valence-electron chi connectivity index (χ1n) is 8.04. The van der Waals surface area contributed by atoms with Gasteiger partial charge in [0.25, 0.3) is 0 Å². The van der Waals surface area contributed by atoms with E-state index in [1.807, 2.05) is 22.4 Å². The van der Waals surface area contributed by atoms with Crippen LogP contribution in [0.15, 0.2) is 40.3 Å². The molecule has 25 heavy (non-hydrogen) atoms. The molecule has 0 spiro atoms. The molecule has 1 aliphatic carbocycles. The molecule has 1 fully saturated rings. The Labute approximate surface area is 147 Å². The summed E-state index contributed by atoms with van der Waals surface area (Å²) in [5.74, 6) is -0.189. The number of thiophene rings is 1. The molecule has 8 heteroatoms. The molecule has 0 saturated heterocycles. The van der Waals surface area contributed by atoms with E-state index >= 15 is 0 Å². The Morgan fingerprint density at radius 3 is 2.60 bits per heavy atom. The summed E-state index contributed by atoms with van der Waals surface area (Å²) < 4.78 is 43.7. The minimum Gasteiger partial charge on any atom is -0.467 e. The molecule has 0 aliphatic heterocycles. The van der Waals surface area contributed by atoms with Gasteiger partial charge in [0.2, 0.25) is 5.91 Å². The second kappa shape index (κ2) is 7.61. The lowest BCUT2D eigenvalue weighted by Gasteiger charge is -2.27. The highest BCUT2D eigenvalue weighted by molar-refractivity contribution is 7.09. The number of halogens is 3. The number of hydrogen-bond acceptors (Lipinski definition) is 4. The fourth-order valence-corrected chi connectivity index (χ4v) is 3.40. The van der Waals surface area contributed by atoms with Crippen LogP contribution in [0.2, 0.25) is 0 Å².